The van der Waals surface area contributed by atoms with E-state index in [1.165, 1.54) is 35.6 Å². The average Bonchev–Trinajstić information content (AvgIpc) is 3.13. The van der Waals surface area contributed by atoms with Gasteiger partial charge in [-0.2, -0.15) is 18.3 Å². The summed E-state index contributed by atoms with van der Waals surface area (Å²) in [4.78, 5) is 0.880. The minimum atomic E-state index is -4.55. The van der Waals surface area contributed by atoms with Crippen LogP contribution < -0.4 is 5.32 Å². The first kappa shape index (κ1) is 17.1. The third kappa shape index (κ3) is 3.85. The van der Waals surface area contributed by atoms with Crippen LogP contribution in [0.15, 0.2) is 41.8 Å². The van der Waals surface area contributed by atoms with Gasteiger partial charge in [0.25, 0.3) is 0 Å². The van der Waals surface area contributed by atoms with Gasteiger partial charge >= 0.3 is 6.18 Å². The van der Waals surface area contributed by atoms with Gasteiger partial charge in [-0.25, -0.2) is 0 Å². The molecule has 126 valence electrons. The Labute approximate surface area is 149 Å². The molecule has 0 spiro atoms. The summed E-state index contributed by atoms with van der Waals surface area (Å²) in [6, 6.07) is 7.07. The van der Waals surface area contributed by atoms with Crippen LogP contribution in [0, 0.1) is 0 Å². The normalized spacial score (nSPS) is 13.0. The van der Waals surface area contributed by atoms with Gasteiger partial charge in [-0.15, -0.1) is 11.3 Å². The number of H-pyrrole nitrogens is 1. The lowest BCUT2D eigenvalue weighted by atomic mass is 10.1. The molecule has 0 amide bonds. The number of anilines is 1. The van der Waals surface area contributed by atoms with Crippen molar-refractivity contribution in [2.45, 2.75) is 12.2 Å². The largest absolute Gasteiger partial charge is 0.412 e. The van der Waals surface area contributed by atoms with Gasteiger partial charge in [-0.05, 0) is 35.2 Å². The van der Waals surface area contributed by atoms with Crippen molar-refractivity contribution in [3.63, 3.8) is 0 Å². The second kappa shape index (κ2) is 6.66. The first-order valence-corrected chi connectivity index (χ1v) is 8.35. The maximum Gasteiger partial charge on any atom is 0.412 e. The number of nitrogens with zero attached hydrogens (tertiary/aromatic N) is 1. The Kier molecular flexibility index (Phi) is 4.76. The van der Waals surface area contributed by atoms with E-state index in [1.807, 2.05) is 17.5 Å². The number of aromatic amines is 1. The highest BCUT2D eigenvalue weighted by Crippen LogP contribution is 2.38. The minimum Gasteiger partial charge on any atom is -0.354 e. The van der Waals surface area contributed by atoms with Crippen molar-refractivity contribution in [3.05, 3.63) is 57.4 Å². The molecule has 9 heteroatoms. The predicted octanol–water partition coefficient (Wildman–Crippen LogP) is 6.16. The third-order valence-electron chi connectivity index (χ3n) is 3.20. The van der Waals surface area contributed by atoms with E-state index in [9.17, 15) is 13.2 Å². The Bertz CT molecular complexity index is 811. The molecular formula is C15H10Cl2F3N3S. The fourth-order valence-electron chi connectivity index (χ4n) is 2.20. The molecule has 24 heavy (non-hydrogen) atoms. The Balaban J connectivity index is 1.91. The zero-order valence-electron chi connectivity index (χ0n) is 11.9. The Morgan fingerprint density at radius 3 is 2.42 bits per heavy atom. The minimum absolute atomic E-state index is 0.0804. The molecule has 0 saturated heterocycles. The van der Waals surface area contributed by atoms with Crippen LogP contribution >= 0.6 is 34.5 Å². The number of hydrogen-bond donors (Lipinski definition) is 2. The van der Waals surface area contributed by atoms with E-state index in [1.54, 1.807) is 0 Å². The van der Waals surface area contributed by atoms with E-state index < -0.39 is 12.2 Å². The van der Waals surface area contributed by atoms with Gasteiger partial charge in [0.1, 0.15) is 11.9 Å². The van der Waals surface area contributed by atoms with E-state index in [2.05, 4.69) is 15.5 Å². The average molecular weight is 392 g/mol. The van der Waals surface area contributed by atoms with E-state index >= 15 is 0 Å². The summed E-state index contributed by atoms with van der Waals surface area (Å²) < 4.78 is 40.4. The van der Waals surface area contributed by atoms with Crippen LogP contribution in [-0.2, 0) is 0 Å². The first-order valence-electron chi connectivity index (χ1n) is 6.71. The smallest absolute Gasteiger partial charge is 0.354 e. The molecule has 2 N–H and O–H groups in total. The zero-order chi connectivity index (χ0) is 17.3. The van der Waals surface area contributed by atoms with Crippen molar-refractivity contribution in [2.75, 3.05) is 5.32 Å². The Hall–Kier alpha value is -1.70. The van der Waals surface area contributed by atoms with Crippen LogP contribution in [0.3, 0.4) is 0 Å². The van der Waals surface area contributed by atoms with Crippen LogP contribution in [0.25, 0.3) is 10.6 Å². The van der Waals surface area contributed by atoms with Crippen LogP contribution in [0.5, 0.6) is 0 Å². The molecule has 0 saturated carbocycles. The second-order valence-corrected chi connectivity index (χ2v) is 6.79. The number of thiophene rings is 1. The summed E-state index contributed by atoms with van der Waals surface area (Å²) in [5.74, 6) is 0.0804. The van der Waals surface area contributed by atoms with Gasteiger partial charge in [0, 0.05) is 16.1 Å². The molecule has 0 aliphatic rings. The lowest BCUT2D eigenvalue weighted by molar-refractivity contribution is -0.144. The molecule has 3 rings (SSSR count). The molecular weight excluding hydrogens is 382 g/mol. The Morgan fingerprint density at radius 1 is 1.12 bits per heavy atom. The molecule has 0 bridgehead atoms. The molecule has 3 nitrogen and oxygen atoms in total. The van der Waals surface area contributed by atoms with Crippen LogP contribution in [-0.4, -0.2) is 16.4 Å². The van der Waals surface area contributed by atoms with E-state index in [0.29, 0.717) is 5.69 Å². The molecule has 0 radical (unpaired) electrons. The molecule has 1 unspecified atom stereocenters. The van der Waals surface area contributed by atoms with Crippen LogP contribution in [0.4, 0.5) is 19.0 Å². The highest BCUT2D eigenvalue weighted by Gasteiger charge is 2.41. The fourth-order valence-corrected chi connectivity index (χ4v) is 3.43. The monoisotopic (exact) mass is 391 g/mol. The number of rotatable bonds is 4. The number of benzene rings is 1. The SMILES string of the molecule is FC(F)(F)C(Nc1cc(-c2cccs2)[nH]n1)c1cc(Cl)cc(Cl)c1. The van der Waals surface area contributed by atoms with Crippen molar-refractivity contribution in [2.24, 2.45) is 0 Å². The first-order chi connectivity index (χ1) is 11.3. The lowest BCUT2D eigenvalue weighted by Crippen LogP contribution is -2.28. The van der Waals surface area contributed by atoms with Crippen molar-refractivity contribution in [3.8, 4) is 10.6 Å². The number of nitrogens with one attached hydrogen (secondary N) is 2. The molecule has 3 aromatic rings. The molecule has 0 aliphatic carbocycles. The van der Waals surface area contributed by atoms with E-state index in [0.717, 1.165) is 4.88 Å². The maximum atomic E-state index is 13.5. The third-order valence-corrected chi connectivity index (χ3v) is 4.54. The summed E-state index contributed by atoms with van der Waals surface area (Å²) in [7, 11) is 0. The summed E-state index contributed by atoms with van der Waals surface area (Å²) in [5.41, 5.74) is 0.554. The highest BCUT2D eigenvalue weighted by atomic mass is 35.5. The molecule has 1 aromatic carbocycles. The molecule has 0 aliphatic heterocycles. The standard InChI is InChI=1S/C15H10Cl2F3N3S/c16-9-4-8(5-10(17)6-9)14(15(18,19)20)21-13-7-11(22-23-13)12-2-1-3-24-12/h1-7,14H,(H2,21,22,23). The van der Waals surface area contributed by atoms with Gasteiger partial charge in [0.15, 0.2) is 0 Å². The van der Waals surface area contributed by atoms with Gasteiger partial charge in [-0.1, -0.05) is 29.3 Å². The topological polar surface area (TPSA) is 40.7 Å². The fraction of sp³-hybridized carbons (Fsp3) is 0.133. The number of hydrogen-bond acceptors (Lipinski definition) is 3. The quantitative estimate of drug-likeness (QED) is 0.558. The van der Waals surface area contributed by atoms with Gasteiger partial charge in [0.05, 0.1) is 10.6 Å². The molecule has 2 heterocycles. The van der Waals surface area contributed by atoms with Crippen molar-refractivity contribution < 1.29 is 13.2 Å². The lowest BCUT2D eigenvalue weighted by Gasteiger charge is -2.22. The predicted molar refractivity (Wildman–Crippen MR) is 90.8 cm³/mol. The van der Waals surface area contributed by atoms with Crippen LogP contribution in [0.1, 0.15) is 11.6 Å². The van der Waals surface area contributed by atoms with E-state index in [-0.39, 0.29) is 21.4 Å². The molecule has 1 atom stereocenters. The van der Waals surface area contributed by atoms with Crippen molar-refractivity contribution in [1.29, 1.82) is 0 Å². The number of aromatic nitrogens is 2. The highest BCUT2D eigenvalue weighted by molar-refractivity contribution is 7.13. The molecule has 2 aromatic heterocycles. The van der Waals surface area contributed by atoms with Gasteiger partial charge in [-0.3, -0.25) is 5.10 Å². The summed E-state index contributed by atoms with van der Waals surface area (Å²) in [6.45, 7) is 0. The maximum absolute atomic E-state index is 13.5. The van der Waals surface area contributed by atoms with Gasteiger partial charge < -0.3 is 5.32 Å². The van der Waals surface area contributed by atoms with Gasteiger partial charge in [0.2, 0.25) is 0 Å². The number of halogens is 5. The molecule has 0 fully saturated rings. The van der Waals surface area contributed by atoms with Crippen molar-refractivity contribution in [1.82, 2.24) is 10.2 Å². The summed E-state index contributed by atoms with van der Waals surface area (Å²) >= 11 is 13.1. The zero-order valence-corrected chi connectivity index (χ0v) is 14.2. The van der Waals surface area contributed by atoms with Crippen LogP contribution in [0.2, 0.25) is 10.0 Å². The summed E-state index contributed by atoms with van der Waals surface area (Å²) in [6.07, 6.45) is -4.55. The Morgan fingerprint density at radius 2 is 1.83 bits per heavy atom. The second-order valence-electron chi connectivity index (χ2n) is 4.97. The van der Waals surface area contributed by atoms with E-state index in [4.69, 9.17) is 23.2 Å². The van der Waals surface area contributed by atoms with Crippen molar-refractivity contribution >= 4 is 40.4 Å². The number of alkyl halides is 3. The summed E-state index contributed by atoms with van der Waals surface area (Å²) in [5, 5.41) is 11.1.